The fourth-order valence-electron chi connectivity index (χ4n) is 2.73. The number of phenols is 1. The highest BCUT2D eigenvalue weighted by Gasteiger charge is 2.25. The molecule has 0 spiro atoms. The van der Waals surface area contributed by atoms with Crippen molar-refractivity contribution < 1.29 is 26.9 Å². The van der Waals surface area contributed by atoms with Gasteiger partial charge in [-0.25, -0.2) is 16.8 Å². The molecule has 3 rings (SSSR count). The Bertz CT molecular complexity index is 1390. The molecule has 3 aromatic carbocycles. The number of sulfone groups is 1. The van der Waals surface area contributed by atoms with E-state index in [1.54, 1.807) is 0 Å². The Kier molecular flexibility index (Phi) is 5.94. The maximum Gasteiger partial charge on any atom is 0.270 e. The molecule has 0 saturated carbocycles. The lowest BCUT2D eigenvalue weighted by Gasteiger charge is -2.14. The SMILES string of the molecule is Cc1cc(NS(=O)(=O)c2cccc([N+](=O)[O-])c2)cc(S(=O)(=O)c2ccc(Cl)cc2)c1O. The number of anilines is 1. The zero-order valence-electron chi connectivity index (χ0n) is 15.8. The van der Waals surface area contributed by atoms with Crippen molar-refractivity contribution in [1.29, 1.82) is 0 Å². The van der Waals surface area contributed by atoms with Crippen molar-refractivity contribution in [3.63, 3.8) is 0 Å². The normalized spacial score (nSPS) is 11.8. The quantitative estimate of drug-likeness (QED) is 0.308. The number of sulfonamides is 1. The van der Waals surface area contributed by atoms with Crippen LogP contribution in [0.15, 0.2) is 75.4 Å². The van der Waals surface area contributed by atoms with Crippen molar-refractivity contribution in [2.24, 2.45) is 0 Å². The summed E-state index contributed by atoms with van der Waals surface area (Å²) in [5, 5.41) is 21.6. The van der Waals surface area contributed by atoms with Gasteiger partial charge < -0.3 is 5.11 Å². The Morgan fingerprint density at radius 1 is 0.968 bits per heavy atom. The lowest BCUT2D eigenvalue weighted by molar-refractivity contribution is -0.385. The van der Waals surface area contributed by atoms with E-state index in [2.05, 4.69) is 4.72 Å². The summed E-state index contributed by atoms with van der Waals surface area (Å²) in [7, 11) is -8.48. The first kappa shape index (κ1) is 22.5. The number of aryl methyl sites for hydroxylation is 1. The van der Waals surface area contributed by atoms with Gasteiger partial charge in [0, 0.05) is 17.2 Å². The van der Waals surface area contributed by atoms with Crippen LogP contribution in [0.25, 0.3) is 0 Å². The maximum absolute atomic E-state index is 13.0. The van der Waals surface area contributed by atoms with E-state index in [0.29, 0.717) is 5.02 Å². The number of benzene rings is 3. The Morgan fingerprint density at radius 2 is 1.61 bits per heavy atom. The summed E-state index contributed by atoms with van der Waals surface area (Å²) < 4.78 is 53.5. The van der Waals surface area contributed by atoms with E-state index in [1.807, 2.05) is 0 Å². The standard InChI is InChI=1S/C19H15ClN2O7S2/c1-12-9-14(21-31(28,29)17-4-2-3-15(11-17)22(24)25)10-18(19(12)23)30(26,27)16-7-5-13(20)6-8-16/h2-11,21,23H,1H3. The average molecular weight is 483 g/mol. The third kappa shape index (κ3) is 4.63. The molecule has 0 aromatic heterocycles. The third-order valence-electron chi connectivity index (χ3n) is 4.27. The molecule has 0 aliphatic rings. The van der Waals surface area contributed by atoms with Crippen molar-refractivity contribution in [3.05, 3.63) is 81.4 Å². The molecule has 0 atom stereocenters. The van der Waals surface area contributed by atoms with E-state index in [4.69, 9.17) is 11.6 Å². The van der Waals surface area contributed by atoms with E-state index < -0.39 is 41.1 Å². The lowest BCUT2D eigenvalue weighted by Crippen LogP contribution is -2.14. The van der Waals surface area contributed by atoms with Gasteiger partial charge in [-0.15, -0.1) is 0 Å². The molecule has 0 saturated heterocycles. The minimum absolute atomic E-state index is 0.104. The smallest absolute Gasteiger partial charge is 0.270 e. The van der Waals surface area contributed by atoms with Crippen LogP contribution in [0, 0.1) is 17.0 Å². The van der Waals surface area contributed by atoms with Gasteiger partial charge in [0.25, 0.3) is 15.7 Å². The van der Waals surface area contributed by atoms with Crippen LogP contribution in [0.4, 0.5) is 11.4 Å². The van der Waals surface area contributed by atoms with E-state index in [1.165, 1.54) is 43.3 Å². The number of aromatic hydroxyl groups is 1. The number of nitro benzene ring substituents is 1. The fourth-order valence-corrected chi connectivity index (χ4v) is 5.38. The van der Waals surface area contributed by atoms with Crippen LogP contribution in [-0.2, 0) is 19.9 Å². The van der Waals surface area contributed by atoms with Gasteiger partial charge >= 0.3 is 0 Å². The zero-order chi connectivity index (χ0) is 23.0. The molecular formula is C19H15ClN2O7S2. The Morgan fingerprint density at radius 3 is 2.23 bits per heavy atom. The molecule has 162 valence electrons. The topological polar surface area (TPSA) is 144 Å². The maximum atomic E-state index is 13.0. The number of nitrogens with one attached hydrogen (secondary N) is 1. The second-order valence-electron chi connectivity index (χ2n) is 6.46. The van der Waals surface area contributed by atoms with Crippen LogP contribution in [0.5, 0.6) is 5.75 Å². The molecule has 2 N–H and O–H groups in total. The molecule has 12 heteroatoms. The first-order chi connectivity index (χ1) is 14.4. The third-order valence-corrected chi connectivity index (χ3v) is 7.68. The Labute approximate surface area is 183 Å². The molecule has 0 unspecified atom stereocenters. The first-order valence-corrected chi connectivity index (χ1v) is 11.9. The molecule has 0 fully saturated rings. The first-order valence-electron chi connectivity index (χ1n) is 8.53. The van der Waals surface area contributed by atoms with Crippen LogP contribution in [0.3, 0.4) is 0 Å². The van der Waals surface area contributed by atoms with E-state index in [-0.39, 0.29) is 21.0 Å². The number of non-ortho nitro benzene ring substituents is 1. The summed E-state index contributed by atoms with van der Waals surface area (Å²) in [6.07, 6.45) is 0. The molecular weight excluding hydrogens is 468 g/mol. The van der Waals surface area contributed by atoms with Crippen LogP contribution in [-0.4, -0.2) is 26.9 Å². The van der Waals surface area contributed by atoms with E-state index >= 15 is 0 Å². The Hall–Kier alpha value is -3.15. The second kappa shape index (κ2) is 8.17. The predicted molar refractivity (Wildman–Crippen MR) is 114 cm³/mol. The molecule has 3 aromatic rings. The van der Waals surface area contributed by atoms with Crippen molar-refractivity contribution in [2.75, 3.05) is 4.72 Å². The van der Waals surface area contributed by atoms with Crippen molar-refractivity contribution >= 4 is 42.8 Å². The minimum Gasteiger partial charge on any atom is -0.506 e. The monoisotopic (exact) mass is 482 g/mol. The molecule has 9 nitrogen and oxygen atoms in total. The highest BCUT2D eigenvalue weighted by atomic mass is 35.5. The van der Waals surface area contributed by atoms with Crippen LogP contribution in [0.1, 0.15) is 5.56 Å². The summed E-state index contributed by atoms with van der Waals surface area (Å²) in [6, 6.07) is 11.9. The number of hydrogen-bond acceptors (Lipinski definition) is 7. The highest BCUT2D eigenvalue weighted by molar-refractivity contribution is 7.93. The van der Waals surface area contributed by atoms with E-state index in [9.17, 15) is 32.1 Å². The lowest BCUT2D eigenvalue weighted by atomic mass is 10.2. The summed E-state index contributed by atoms with van der Waals surface area (Å²) in [4.78, 5) is 9.15. The zero-order valence-corrected chi connectivity index (χ0v) is 18.2. The number of nitrogens with zero attached hydrogens (tertiary/aromatic N) is 1. The molecule has 0 radical (unpaired) electrons. The van der Waals surface area contributed by atoms with Gasteiger partial charge in [0.15, 0.2) is 0 Å². The largest absolute Gasteiger partial charge is 0.506 e. The van der Waals surface area contributed by atoms with Gasteiger partial charge in [-0.2, -0.15) is 0 Å². The van der Waals surface area contributed by atoms with Gasteiger partial charge in [-0.3, -0.25) is 14.8 Å². The second-order valence-corrected chi connectivity index (χ2v) is 10.5. The summed E-state index contributed by atoms with van der Waals surface area (Å²) >= 11 is 5.79. The molecule has 31 heavy (non-hydrogen) atoms. The molecule has 0 aliphatic heterocycles. The number of rotatable bonds is 6. The van der Waals surface area contributed by atoms with Gasteiger partial charge in [-0.05, 0) is 55.0 Å². The number of nitro groups is 1. The number of hydrogen-bond donors (Lipinski definition) is 2. The van der Waals surface area contributed by atoms with Crippen LogP contribution < -0.4 is 4.72 Å². The Balaban J connectivity index is 2.06. The van der Waals surface area contributed by atoms with E-state index in [0.717, 1.165) is 24.3 Å². The minimum atomic E-state index is -4.28. The molecule has 0 bridgehead atoms. The van der Waals surface area contributed by atoms with Gasteiger partial charge in [-0.1, -0.05) is 17.7 Å². The van der Waals surface area contributed by atoms with Gasteiger partial charge in [0.2, 0.25) is 9.84 Å². The van der Waals surface area contributed by atoms with Crippen molar-refractivity contribution in [2.45, 2.75) is 21.6 Å². The van der Waals surface area contributed by atoms with Crippen LogP contribution >= 0.6 is 11.6 Å². The van der Waals surface area contributed by atoms with Gasteiger partial charge in [0.1, 0.15) is 10.6 Å². The molecule has 0 amide bonds. The summed E-state index contributed by atoms with van der Waals surface area (Å²) in [6.45, 7) is 1.40. The fraction of sp³-hybridized carbons (Fsp3) is 0.0526. The predicted octanol–water partition coefficient (Wildman–Crippen LogP) is 3.90. The molecule has 0 aliphatic carbocycles. The van der Waals surface area contributed by atoms with Gasteiger partial charge in [0.05, 0.1) is 20.4 Å². The van der Waals surface area contributed by atoms with Crippen LogP contribution in [0.2, 0.25) is 5.02 Å². The summed E-state index contributed by atoms with van der Waals surface area (Å²) in [5.41, 5.74) is -0.461. The number of halogens is 1. The van der Waals surface area contributed by atoms with Crippen molar-refractivity contribution in [1.82, 2.24) is 0 Å². The highest BCUT2D eigenvalue weighted by Crippen LogP contribution is 2.35. The number of phenolic OH excluding ortho intramolecular Hbond substituents is 1. The molecule has 0 heterocycles. The average Bonchev–Trinajstić information content (AvgIpc) is 2.70. The summed E-state index contributed by atoms with van der Waals surface area (Å²) in [5.74, 6) is -0.534. The van der Waals surface area contributed by atoms with Crippen molar-refractivity contribution in [3.8, 4) is 5.75 Å².